The highest BCUT2D eigenvalue weighted by Crippen LogP contribution is 2.10. The molecule has 0 spiro atoms. The molecule has 2 rings (SSSR count). The average Bonchev–Trinajstić information content (AvgIpc) is 2.96. The van der Waals surface area contributed by atoms with Gasteiger partial charge in [-0.25, -0.2) is 0 Å². The van der Waals surface area contributed by atoms with Crippen molar-refractivity contribution >= 4 is 34.7 Å². The predicted octanol–water partition coefficient (Wildman–Crippen LogP) is 3.14. The van der Waals surface area contributed by atoms with Crippen molar-refractivity contribution < 1.29 is 4.79 Å². The molecule has 0 aliphatic rings. The van der Waals surface area contributed by atoms with Crippen LogP contribution in [0.4, 0.5) is 0 Å². The van der Waals surface area contributed by atoms with Gasteiger partial charge in [0.1, 0.15) is 0 Å². The third kappa shape index (κ3) is 3.32. The van der Waals surface area contributed by atoms with E-state index in [0.29, 0.717) is 6.54 Å². The average molecular weight is 249 g/mol. The SMILES string of the molecule is O=C(C=Cc1cccs1)NCc1cccs1. The molecule has 1 amide bonds. The van der Waals surface area contributed by atoms with Crippen LogP contribution in [0.25, 0.3) is 6.08 Å². The van der Waals surface area contributed by atoms with Crippen molar-refractivity contribution in [2.45, 2.75) is 6.54 Å². The lowest BCUT2D eigenvalue weighted by Crippen LogP contribution is -2.19. The lowest BCUT2D eigenvalue weighted by atomic mass is 10.4. The smallest absolute Gasteiger partial charge is 0.244 e. The van der Waals surface area contributed by atoms with E-state index in [0.717, 1.165) is 9.75 Å². The van der Waals surface area contributed by atoms with Crippen molar-refractivity contribution in [1.29, 1.82) is 0 Å². The minimum atomic E-state index is -0.0539. The first kappa shape index (κ1) is 11.1. The molecule has 0 saturated heterocycles. The van der Waals surface area contributed by atoms with Crippen LogP contribution in [0, 0.1) is 0 Å². The third-order valence-electron chi connectivity index (χ3n) is 1.96. The van der Waals surface area contributed by atoms with Gasteiger partial charge in [0.15, 0.2) is 0 Å². The summed E-state index contributed by atoms with van der Waals surface area (Å²) in [4.78, 5) is 13.7. The molecule has 0 aliphatic heterocycles. The van der Waals surface area contributed by atoms with Gasteiger partial charge in [0.05, 0.1) is 6.54 Å². The van der Waals surface area contributed by atoms with Gasteiger partial charge in [0.25, 0.3) is 0 Å². The van der Waals surface area contributed by atoms with Crippen LogP contribution < -0.4 is 5.32 Å². The van der Waals surface area contributed by atoms with Gasteiger partial charge in [0.2, 0.25) is 5.91 Å². The maximum atomic E-state index is 11.4. The highest BCUT2D eigenvalue weighted by molar-refractivity contribution is 7.10. The van der Waals surface area contributed by atoms with Crippen molar-refractivity contribution in [3.8, 4) is 0 Å². The number of carbonyl (C=O) groups excluding carboxylic acids is 1. The second-order valence-electron chi connectivity index (χ2n) is 3.15. The summed E-state index contributed by atoms with van der Waals surface area (Å²) in [6.45, 7) is 0.602. The van der Waals surface area contributed by atoms with Crippen LogP contribution in [0.5, 0.6) is 0 Å². The van der Waals surface area contributed by atoms with Gasteiger partial charge in [0, 0.05) is 15.8 Å². The van der Waals surface area contributed by atoms with E-state index in [1.807, 2.05) is 41.1 Å². The molecule has 0 saturated carbocycles. The van der Waals surface area contributed by atoms with Crippen molar-refractivity contribution in [2.24, 2.45) is 0 Å². The fraction of sp³-hybridized carbons (Fsp3) is 0.0833. The molecule has 2 nitrogen and oxygen atoms in total. The van der Waals surface area contributed by atoms with Crippen LogP contribution in [0.2, 0.25) is 0 Å². The number of amides is 1. The molecule has 2 aromatic rings. The highest BCUT2D eigenvalue weighted by atomic mass is 32.1. The van der Waals surface area contributed by atoms with Crippen molar-refractivity contribution in [3.63, 3.8) is 0 Å². The van der Waals surface area contributed by atoms with E-state index < -0.39 is 0 Å². The molecule has 0 radical (unpaired) electrons. The molecule has 2 heterocycles. The quantitative estimate of drug-likeness (QED) is 0.829. The lowest BCUT2D eigenvalue weighted by Gasteiger charge is -1.98. The van der Waals surface area contributed by atoms with E-state index in [9.17, 15) is 4.79 Å². The van der Waals surface area contributed by atoms with E-state index in [1.54, 1.807) is 28.7 Å². The molecule has 2 aromatic heterocycles. The van der Waals surface area contributed by atoms with Gasteiger partial charge in [-0.2, -0.15) is 0 Å². The number of nitrogens with one attached hydrogen (secondary N) is 1. The van der Waals surface area contributed by atoms with Crippen LogP contribution in [-0.4, -0.2) is 5.91 Å². The standard InChI is InChI=1S/C12H11NOS2/c14-12(6-5-10-3-1-7-15-10)13-9-11-4-2-8-16-11/h1-8H,9H2,(H,13,14). The molecular weight excluding hydrogens is 238 g/mol. The fourth-order valence-electron chi connectivity index (χ4n) is 1.19. The Balaban J connectivity index is 1.81. The highest BCUT2D eigenvalue weighted by Gasteiger charge is 1.97. The molecule has 0 unspecified atom stereocenters. The van der Waals surface area contributed by atoms with E-state index in [2.05, 4.69) is 5.32 Å². The Kier molecular flexibility index (Phi) is 3.91. The normalized spacial score (nSPS) is 10.8. The minimum Gasteiger partial charge on any atom is -0.348 e. The molecule has 0 aromatic carbocycles. The lowest BCUT2D eigenvalue weighted by molar-refractivity contribution is -0.116. The summed E-state index contributed by atoms with van der Waals surface area (Å²) in [6.07, 6.45) is 3.40. The van der Waals surface area contributed by atoms with E-state index >= 15 is 0 Å². The Morgan fingerprint density at radius 2 is 2.06 bits per heavy atom. The minimum absolute atomic E-state index is 0.0539. The number of hydrogen-bond acceptors (Lipinski definition) is 3. The number of thiophene rings is 2. The summed E-state index contributed by atoms with van der Waals surface area (Å²) in [5, 5.41) is 6.83. The zero-order chi connectivity index (χ0) is 11.2. The van der Waals surface area contributed by atoms with Crippen LogP contribution >= 0.6 is 22.7 Å². The molecule has 0 bridgehead atoms. The summed E-state index contributed by atoms with van der Waals surface area (Å²) >= 11 is 3.26. The Hall–Kier alpha value is -1.39. The topological polar surface area (TPSA) is 29.1 Å². The van der Waals surface area contributed by atoms with Crippen molar-refractivity contribution in [1.82, 2.24) is 5.32 Å². The molecule has 4 heteroatoms. The first-order valence-corrected chi connectivity index (χ1v) is 6.62. The Morgan fingerprint density at radius 3 is 2.75 bits per heavy atom. The number of carbonyl (C=O) groups is 1. The van der Waals surface area contributed by atoms with Gasteiger partial charge < -0.3 is 5.32 Å². The van der Waals surface area contributed by atoms with Gasteiger partial charge >= 0.3 is 0 Å². The molecule has 0 aliphatic carbocycles. The molecule has 0 atom stereocenters. The first-order valence-electron chi connectivity index (χ1n) is 4.86. The Morgan fingerprint density at radius 1 is 1.25 bits per heavy atom. The van der Waals surface area contributed by atoms with Crippen LogP contribution in [0.3, 0.4) is 0 Å². The van der Waals surface area contributed by atoms with Gasteiger partial charge in [-0.05, 0) is 29.0 Å². The fourth-order valence-corrected chi connectivity index (χ4v) is 2.45. The number of hydrogen-bond donors (Lipinski definition) is 1. The van der Waals surface area contributed by atoms with Gasteiger partial charge in [-0.1, -0.05) is 12.1 Å². The van der Waals surface area contributed by atoms with Crippen molar-refractivity contribution in [2.75, 3.05) is 0 Å². The molecule has 0 fully saturated rings. The zero-order valence-corrected chi connectivity index (χ0v) is 10.2. The maximum Gasteiger partial charge on any atom is 0.244 e. The maximum absolute atomic E-state index is 11.4. The monoisotopic (exact) mass is 249 g/mol. The Bertz CT molecular complexity index is 457. The largest absolute Gasteiger partial charge is 0.348 e. The summed E-state index contributed by atoms with van der Waals surface area (Å²) in [6, 6.07) is 7.93. The summed E-state index contributed by atoms with van der Waals surface area (Å²) in [5.74, 6) is -0.0539. The molecule has 1 N–H and O–H groups in total. The van der Waals surface area contributed by atoms with Crippen LogP contribution in [0.1, 0.15) is 9.75 Å². The third-order valence-corrected chi connectivity index (χ3v) is 3.67. The van der Waals surface area contributed by atoms with Gasteiger partial charge in [-0.3, -0.25) is 4.79 Å². The summed E-state index contributed by atoms with van der Waals surface area (Å²) in [7, 11) is 0. The molecule has 82 valence electrons. The molecule has 16 heavy (non-hydrogen) atoms. The summed E-state index contributed by atoms with van der Waals surface area (Å²) < 4.78 is 0. The van der Waals surface area contributed by atoms with E-state index in [4.69, 9.17) is 0 Å². The first-order chi connectivity index (χ1) is 7.84. The van der Waals surface area contributed by atoms with Crippen LogP contribution in [-0.2, 0) is 11.3 Å². The van der Waals surface area contributed by atoms with Gasteiger partial charge in [-0.15, -0.1) is 22.7 Å². The second kappa shape index (κ2) is 5.63. The van der Waals surface area contributed by atoms with Crippen LogP contribution in [0.15, 0.2) is 41.1 Å². The summed E-state index contributed by atoms with van der Waals surface area (Å²) in [5.41, 5.74) is 0. The zero-order valence-electron chi connectivity index (χ0n) is 8.55. The molecular formula is C12H11NOS2. The number of rotatable bonds is 4. The predicted molar refractivity (Wildman–Crippen MR) is 69.5 cm³/mol. The van der Waals surface area contributed by atoms with E-state index in [1.165, 1.54) is 0 Å². The second-order valence-corrected chi connectivity index (χ2v) is 5.16. The van der Waals surface area contributed by atoms with Crippen molar-refractivity contribution in [3.05, 3.63) is 50.9 Å². The van der Waals surface area contributed by atoms with E-state index in [-0.39, 0.29) is 5.91 Å². The Labute approximate surface area is 102 Å².